The topological polar surface area (TPSA) is 105 Å². The summed E-state index contributed by atoms with van der Waals surface area (Å²) in [5, 5.41) is 0.732. The molecule has 152 valence electrons. The molecule has 2 N–H and O–H groups in total. The number of carbonyl (C=O) groups is 2. The predicted octanol–water partition coefficient (Wildman–Crippen LogP) is 2.88. The van der Waals surface area contributed by atoms with Crippen molar-refractivity contribution in [3.05, 3.63) is 65.4 Å². The molecular formula is C21H22N2O5S. The van der Waals surface area contributed by atoms with Crippen LogP contribution in [0.2, 0.25) is 0 Å². The third kappa shape index (κ3) is 4.55. The Morgan fingerprint density at radius 3 is 2.55 bits per heavy atom. The molecule has 0 unspecified atom stereocenters. The van der Waals surface area contributed by atoms with E-state index in [1.54, 1.807) is 25.3 Å². The summed E-state index contributed by atoms with van der Waals surface area (Å²) in [6.07, 6.45) is 0.521. The van der Waals surface area contributed by atoms with Crippen molar-refractivity contribution in [2.45, 2.75) is 31.8 Å². The molecule has 0 aliphatic rings. The maximum absolute atomic E-state index is 12.6. The maximum Gasteiger partial charge on any atom is 0.321 e. The lowest BCUT2D eigenvalue weighted by Gasteiger charge is -2.13. The van der Waals surface area contributed by atoms with Crippen molar-refractivity contribution in [1.29, 1.82) is 0 Å². The third-order valence-electron chi connectivity index (χ3n) is 4.73. The lowest BCUT2D eigenvalue weighted by Crippen LogP contribution is -2.34. The Labute approximate surface area is 169 Å². The molecule has 1 atom stereocenters. The van der Waals surface area contributed by atoms with Crippen molar-refractivity contribution in [2.24, 2.45) is 0 Å². The highest BCUT2D eigenvalue weighted by Gasteiger charge is 2.23. The first kappa shape index (κ1) is 20.8. The quantitative estimate of drug-likeness (QED) is 0.457. The molecular weight excluding hydrogens is 392 g/mol. The van der Waals surface area contributed by atoms with Gasteiger partial charge in [-0.3, -0.25) is 9.59 Å². The van der Waals surface area contributed by atoms with Gasteiger partial charge in [0.15, 0.2) is 6.10 Å². The number of Topliss-reactive ketones (excluding diaryl/α,β-unsaturated/α-hetero) is 1. The van der Waals surface area contributed by atoms with Gasteiger partial charge in [0.25, 0.3) is 0 Å². The molecule has 1 heterocycles. The number of esters is 1. The van der Waals surface area contributed by atoms with Gasteiger partial charge in [0.1, 0.15) is 6.54 Å². The van der Waals surface area contributed by atoms with E-state index in [9.17, 15) is 18.0 Å². The van der Waals surface area contributed by atoms with Gasteiger partial charge in [-0.05, 0) is 50.1 Å². The zero-order valence-electron chi connectivity index (χ0n) is 16.4. The average Bonchev–Trinajstić information content (AvgIpc) is 3.12. The van der Waals surface area contributed by atoms with E-state index in [2.05, 4.69) is 9.71 Å². The molecule has 3 aromatic rings. The van der Waals surface area contributed by atoms with Crippen LogP contribution in [0.15, 0.2) is 53.6 Å². The van der Waals surface area contributed by atoms with Gasteiger partial charge in [-0.2, -0.15) is 4.72 Å². The first-order valence-corrected chi connectivity index (χ1v) is 10.5. The van der Waals surface area contributed by atoms with Crippen molar-refractivity contribution in [1.82, 2.24) is 9.71 Å². The molecule has 8 heteroatoms. The molecule has 0 aliphatic heterocycles. The molecule has 0 radical (unpaired) electrons. The van der Waals surface area contributed by atoms with Gasteiger partial charge in [0.05, 0.1) is 4.90 Å². The van der Waals surface area contributed by atoms with Crippen LogP contribution in [-0.2, 0) is 19.6 Å². The number of aromatic amines is 1. The Hall–Kier alpha value is -2.97. The summed E-state index contributed by atoms with van der Waals surface area (Å²) in [6.45, 7) is 4.57. The molecule has 3 rings (SSSR count). The normalized spacial score (nSPS) is 12.7. The summed E-state index contributed by atoms with van der Waals surface area (Å²) in [7, 11) is -3.86. The lowest BCUT2D eigenvalue weighted by molar-refractivity contribution is -0.144. The molecule has 7 nitrogen and oxygen atoms in total. The number of fused-ring (bicyclic) bond motifs is 1. The molecule has 1 aromatic heterocycles. The zero-order valence-corrected chi connectivity index (χ0v) is 17.2. The minimum Gasteiger partial charge on any atom is -0.453 e. The summed E-state index contributed by atoms with van der Waals surface area (Å²) in [5.41, 5.74) is 3.01. The van der Waals surface area contributed by atoms with E-state index in [1.165, 1.54) is 19.1 Å². The Bertz CT molecular complexity index is 1180. The standard InChI is InChI=1S/C21H22N2O5S/c1-13-8-9-16(10-14(13)2)29(26,27)23-12-20(24)28-15(3)21(25)18-11-22-19-7-5-4-6-17(18)19/h4-11,15,22-23H,12H2,1-3H3/t15-/m0/s1. The minimum atomic E-state index is -3.86. The molecule has 0 bridgehead atoms. The second-order valence-corrected chi connectivity index (χ2v) is 8.58. The number of aromatic nitrogens is 1. The van der Waals surface area contributed by atoms with E-state index >= 15 is 0 Å². The van der Waals surface area contributed by atoms with E-state index in [1.807, 2.05) is 25.1 Å². The molecule has 29 heavy (non-hydrogen) atoms. The minimum absolute atomic E-state index is 0.0660. The average molecular weight is 414 g/mol. The van der Waals surface area contributed by atoms with Crippen molar-refractivity contribution < 1.29 is 22.7 Å². The first-order valence-electron chi connectivity index (χ1n) is 9.06. The molecule has 0 amide bonds. The first-order chi connectivity index (χ1) is 13.7. The number of benzene rings is 2. The van der Waals surface area contributed by atoms with Crippen molar-refractivity contribution in [2.75, 3.05) is 6.54 Å². The molecule has 2 aromatic carbocycles. The van der Waals surface area contributed by atoms with Crippen molar-refractivity contribution >= 4 is 32.7 Å². The fourth-order valence-corrected chi connectivity index (χ4v) is 3.96. The van der Waals surface area contributed by atoms with Crippen molar-refractivity contribution in [3.63, 3.8) is 0 Å². The van der Waals surface area contributed by atoms with Crippen LogP contribution in [0, 0.1) is 13.8 Å². The van der Waals surface area contributed by atoms with Gasteiger partial charge < -0.3 is 9.72 Å². The number of carbonyl (C=O) groups excluding carboxylic acids is 2. The number of sulfonamides is 1. The molecule has 0 fully saturated rings. The summed E-state index contributed by atoms with van der Waals surface area (Å²) in [6, 6.07) is 12.0. The van der Waals surface area contributed by atoms with Crippen LogP contribution in [0.5, 0.6) is 0 Å². The zero-order chi connectivity index (χ0) is 21.2. The Kier molecular flexibility index (Phi) is 5.86. The highest BCUT2D eigenvalue weighted by molar-refractivity contribution is 7.89. The van der Waals surface area contributed by atoms with Crippen LogP contribution in [0.3, 0.4) is 0 Å². The van der Waals surface area contributed by atoms with E-state index in [-0.39, 0.29) is 10.7 Å². The van der Waals surface area contributed by atoms with Crippen LogP contribution in [0.25, 0.3) is 10.9 Å². The molecule has 0 saturated carbocycles. The van der Waals surface area contributed by atoms with Gasteiger partial charge in [-0.25, -0.2) is 8.42 Å². The largest absolute Gasteiger partial charge is 0.453 e. The Balaban J connectivity index is 1.62. The van der Waals surface area contributed by atoms with E-state index < -0.39 is 28.6 Å². The van der Waals surface area contributed by atoms with Crippen LogP contribution < -0.4 is 4.72 Å². The van der Waals surface area contributed by atoms with Gasteiger partial charge in [0, 0.05) is 22.7 Å². The van der Waals surface area contributed by atoms with Gasteiger partial charge >= 0.3 is 5.97 Å². The fourth-order valence-electron chi connectivity index (χ4n) is 2.91. The molecule has 0 saturated heterocycles. The Morgan fingerprint density at radius 2 is 1.83 bits per heavy atom. The van der Waals surface area contributed by atoms with Crippen LogP contribution in [-0.4, -0.2) is 37.8 Å². The fraction of sp³-hybridized carbons (Fsp3) is 0.238. The van der Waals surface area contributed by atoms with E-state index in [4.69, 9.17) is 4.74 Å². The summed E-state index contributed by atoms with van der Waals surface area (Å²) < 4.78 is 32.1. The van der Waals surface area contributed by atoms with E-state index in [0.29, 0.717) is 5.56 Å². The number of nitrogens with one attached hydrogen (secondary N) is 2. The Morgan fingerprint density at radius 1 is 1.10 bits per heavy atom. The van der Waals surface area contributed by atoms with Crippen molar-refractivity contribution in [3.8, 4) is 0 Å². The summed E-state index contributed by atoms with van der Waals surface area (Å²) in [4.78, 5) is 27.8. The SMILES string of the molecule is Cc1ccc(S(=O)(=O)NCC(=O)O[C@@H](C)C(=O)c2c[nH]c3ccccc23)cc1C. The van der Waals surface area contributed by atoms with E-state index in [0.717, 1.165) is 22.0 Å². The number of aryl methyl sites for hydroxylation is 2. The second kappa shape index (κ2) is 8.18. The predicted molar refractivity (Wildman–Crippen MR) is 109 cm³/mol. The van der Waals surface area contributed by atoms with Gasteiger partial charge in [0.2, 0.25) is 15.8 Å². The van der Waals surface area contributed by atoms with Crippen LogP contribution in [0.1, 0.15) is 28.4 Å². The summed E-state index contributed by atoms with van der Waals surface area (Å²) >= 11 is 0. The number of H-pyrrole nitrogens is 1. The molecule has 0 spiro atoms. The van der Waals surface area contributed by atoms with Gasteiger partial charge in [-0.1, -0.05) is 24.3 Å². The number of ether oxygens (including phenoxy) is 1. The summed E-state index contributed by atoms with van der Waals surface area (Å²) in [5.74, 6) is -1.20. The highest BCUT2D eigenvalue weighted by Crippen LogP contribution is 2.20. The van der Waals surface area contributed by atoms with Crippen LogP contribution >= 0.6 is 0 Å². The number of para-hydroxylation sites is 1. The maximum atomic E-state index is 12.6. The molecule has 0 aliphatic carbocycles. The number of hydrogen-bond acceptors (Lipinski definition) is 5. The number of ketones is 1. The van der Waals surface area contributed by atoms with Crippen LogP contribution in [0.4, 0.5) is 0 Å². The third-order valence-corrected chi connectivity index (χ3v) is 6.13. The monoisotopic (exact) mass is 414 g/mol. The number of hydrogen-bond donors (Lipinski definition) is 2. The second-order valence-electron chi connectivity index (χ2n) is 6.81. The highest BCUT2D eigenvalue weighted by atomic mass is 32.2. The lowest BCUT2D eigenvalue weighted by atomic mass is 10.1. The van der Waals surface area contributed by atoms with Gasteiger partial charge in [-0.15, -0.1) is 0 Å². The smallest absolute Gasteiger partial charge is 0.321 e. The number of rotatable bonds is 7.